The second-order valence-corrected chi connectivity index (χ2v) is 6.13. The molecule has 2 aromatic carbocycles. The van der Waals surface area contributed by atoms with Crippen LogP contribution in [0.1, 0.15) is 41.4 Å². The van der Waals surface area contributed by atoms with Crippen molar-refractivity contribution < 1.29 is 19.2 Å². The molecule has 0 saturated carbocycles. The third-order valence-corrected chi connectivity index (χ3v) is 5.09. The molecular formula is C20H8N2O4. The van der Waals surface area contributed by atoms with Gasteiger partial charge >= 0.3 is 0 Å². The molecule has 0 spiro atoms. The van der Waals surface area contributed by atoms with Crippen LogP contribution in [0.3, 0.4) is 0 Å². The zero-order valence-corrected chi connectivity index (χ0v) is 13.1. The number of hydrogen-bond acceptors (Lipinski definition) is 6. The van der Waals surface area contributed by atoms with Crippen LogP contribution >= 0.6 is 0 Å². The number of ketones is 4. The van der Waals surface area contributed by atoms with Gasteiger partial charge in [-0.1, -0.05) is 48.5 Å². The number of nitrogens with zero attached hydrogens (tertiary/aromatic N) is 2. The van der Waals surface area contributed by atoms with Gasteiger partial charge in [-0.15, -0.1) is 0 Å². The van der Waals surface area contributed by atoms with E-state index in [1.165, 1.54) is 48.5 Å². The Morgan fingerprint density at radius 1 is 0.538 bits per heavy atom. The van der Waals surface area contributed by atoms with Crippen molar-refractivity contribution in [2.45, 2.75) is 0 Å². The fourth-order valence-corrected chi connectivity index (χ4v) is 3.82. The smallest absolute Gasteiger partial charge is 0.216 e. The van der Waals surface area contributed by atoms with E-state index in [0.29, 0.717) is 0 Å². The van der Waals surface area contributed by atoms with Crippen LogP contribution in [0.25, 0.3) is 0 Å². The Hall–Kier alpha value is -3.90. The van der Waals surface area contributed by atoms with Crippen LogP contribution in [0.15, 0.2) is 48.5 Å². The topological polar surface area (TPSA) is 116 Å². The van der Waals surface area contributed by atoms with Gasteiger partial charge in [-0.3, -0.25) is 19.2 Å². The van der Waals surface area contributed by atoms with Gasteiger partial charge in [0.2, 0.25) is 10.8 Å². The van der Waals surface area contributed by atoms with Crippen LogP contribution in [0.2, 0.25) is 0 Å². The lowest BCUT2D eigenvalue weighted by atomic mass is 9.59. The third-order valence-electron chi connectivity index (χ3n) is 5.09. The van der Waals surface area contributed by atoms with E-state index in [4.69, 9.17) is 0 Å². The Bertz CT molecular complexity index is 985. The van der Waals surface area contributed by atoms with Crippen molar-refractivity contribution in [2.24, 2.45) is 10.8 Å². The summed E-state index contributed by atoms with van der Waals surface area (Å²) in [6.07, 6.45) is 0. The molecule has 2 aliphatic carbocycles. The molecule has 6 heteroatoms. The first kappa shape index (κ1) is 15.6. The average Bonchev–Trinajstić information content (AvgIpc) is 3.04. The first-order valence-corrected chi connectivity index (χ1v) is 7.67. The van der Waals surface area contributed by atoms with Crippen molar-refractivity contribution >= 4 is 23.1 Å². The van der Waals surface area contributed by atoms with E-state index < -0.39 is 34.0 Å². The maximum atomic E-state index is 13.1. The number of benzene rings is 2. The molecule has 0 unspecified atom stereocenters. The van der Waals surface area contributed by atoms with Crippen LogP contribution in [0.4, 0.5) is 0 Å². The van der Waals surface area contributed by atoms with Gasteiger partial charge in [0, 0.05) is 22.3 Å². The third kappa shape index (κ3) is 1.37. The van der Waals surface area contributed by atoms with Gasteiger partial charge in [-0.25, -0.2) is 0 Å². The van der Waals surface area contributed by atoms with Gasteiger partial charge in [-0.2, -0.15) is 10.5 Å². The molecule has 122 valence electrons. The van der Waals surface area contributed by atoms with Gasteiger partial charge in [0.15, 0.2) is 23.1 Å². The molecular weight excluding hydrogens is 332 g/mol. The highest BCUT2D eigenvalue weighted by molar-refractivity contribution is 6.42. The number of hydrogen-bond donors (Lipinski definition) is 0. The minimum atomic E-state index is -2.72. The standard InChI is InChI=1S/C20H8N2O4/c21-9-19(15(23)11-5-1-2-6-12(11)16(19)24)20(10-22)17(25)13-7-3-4-8-14(13)18(20)26/h1-8H. The summed E-state index contributed by atoms with van der Waals surface area (Å²) >= 11 is 0. The number of Topliss-reactive ketones (excluding diaryl/α,β-unsaturated/α-hetero) is 4. The fourth-order valence-electron chi connectivity index (χ4n) is 3.82. The summed E-state index contributed by atoms with van der Waals surface area (Å²) in [6.45, 7) is 0. The van der Waals surface area contributed by atoms with E-state index >= 15 is 0 Å². The molecule has 6 nitrogen and oxygen atoms in total. The highest BCUT2D eigenvalue weighted by atomic mass is 16.2. The molecule has 0 bridgehead atoms. The summed E-state index contributed by atoms with van der Waals surface area (Å²) in [5, 5.41) is 19.7. The van der Waals surface area contributed by atoms with E-state index in [2.05, 4.69) is 0 Å². The Morgan fingerprint density at radius 3 is 0.962 bits per heavy atom. The number of nitriles is 2. The van der Waals surface area contributed by atoms with Crippen LogP contribution in [-0.4, -0.2) is 23.1 Å². The number of carbonyl (C=O) groups is 4. The zero-order valence-electron chi connectivity index (χ0n) is 13.1. The SMILES string of the molecule is N#CC1(C2(C#N)C(=O)c3ccccc3C2=O)C(=O)c2ccccc2C1=O. The lowest BCUT2D eigenvalue weighted by Crippen LogP contribution is -2.54. The quantitative estimate of drug-likeness (QED) is 0.735. The molecule has 0 N–H and O–H groups in total. The largest absolute Gasteiger partial charge is 0.292 e. The highest BCUT2D eigenvalue weighted by Gasteiger charge is 2.75. The molecule has 0 amide bonds. The van der Waals surface area contributed by atoms with Gasteiger partial charge in [0.25, 0.3) is 0 Å². The monoisotopic (exact) mass is 340 g/mol. The van der Waals surface area contributed by atoms with Crippen LogP contribution in [-0.2, 0) is 0 Å². The Morgan fingerprint density at radius 2 is 0.769 bits per heavy atom. The molecule has 0 heterocycles. The summed E-state index contributed by atoms with van der Waals surface area (Å²) in [4.78, 5) is 52.2. The molecule has 0 aliphatic heterocycles. The van der Waals surface area contributed by atoms with Crippen molar-refractivity contribution in [1.82, 2.24) is 0 Å². The van der Waals surface area contributed by atoms with E-state index in [1.807, 2.05) is 0 Å². The number of rotatable bonds is 1. The van der Waals surface area contributed by atoms with Gasteiger partial charge < -0.3 is 0 Å². The first-order valence-electron chi connectivity index (χ1n) is 7.67. The van der Waals surface area contributed by atoms with Crippen LogP contribution < -0.4 is 0 Å². The molecule has 2 aliphatic rings. The van der Waals surface area contributed by atoms with Gasteiger partial charge in [-0.05, 0) is 0 Å². The minimum absolute atomic E-state index is 0.0646. The lowest BCUT2D eigenvalue weighted by molar-refractivity contribution is 0.0493. The van der Waals surface area contributed by atoms with Crippen molar-refractivity contribution in [2.75, 3.05) is 0 Å². The normalized spacial score (nSPS) is 18.8. The van der Waals surface area contributed by atoms with Crippen LogP contribution in [0.5, 0.6) is 0 Å². The van der Waals surface area contributed by atoms with E-state index in [1.54, 1.807) is 12.1 Å². The average molecular weight is 340 g/mol. The molecule has 0 radical (unpaired) electrons. The second-order valence-electron chi connectivity index (χ2n) is 6.13. The summed E-state index contributed by atoms with van der Waals surface area (Å²) in [6, 6.07) is 14.6. The van der Waals surface area contributed by atoms with Gasteiger partial charge in [0.1, 0.15) is 0 Å². The maximum Gasteiger partial charge on any atom is 0.216 e. The first-order chi connectivity index (χ1) is 12.5. The molecule has 2 aromatic rings. The van der Waals surface area contributed by atoms with Gasteiger partial charge in [0.05, 0.1) is 12.1 Å². The highest BCUT2D eigenvalue weighted by Crippen LogP contribution is 2.54. The molecule has 4 rings (SSSR count). The summed E-state index contributed by atoms with van der Waals surface area (Å²) in [7, 11) is 0. The van der Waals surface area contributed by atoms with E-state index in [0.717, 1.165) is 0 Å². The fraction of sp³-hybridized carbons (Fsp3) is 0.100. The number of carbonyl (C=O) groups excluding carboxylic acids is 4. The molecule has 0 fully saturated rings. The Labute approximate surface area is 147 Å². The predicted octanol–water partition coefficient (Wildman–Crippen LogP) is 2.16. The lowest BCUT2D eigenvalue weighted by Gasteiger charge is -2.29. The van der Waals surface area contributed by atoms with Crippen molar-refractivity contribution in [3.63, 3.8) is 0 Å². The predicted molar refractivity (Wildman–Crippen MR) is 86.3 cm³/mol. The van der Waals surface area contributed by atoms with Crippen molar-refractivity contribution in [3.05, 3.63) is 70.8 Å². The Kier molecular flexibility index (Phi) is 2.89. The van der Waals surface area contributed by atoms with E-state index in [-0.39, 0.29) is 22.3 Å². The zero-order chi connectivity index (χ0) is 18.7. The summed E-state index contributed by atoms with van der Waals surface area (Å²) in [5.41, 5.74) is -5.71. The molecule has 26 heavy (non-hydrogen) atoms. The number of fused-ring (bicyclic) bond motifs is 2. The van der Waals surface area contributed by atoms with Crippen molar-refractivity contribution in [1.29, 1.82) is 10.5 Å². The Balaban J connectivity index is 2.08. The summed E-state index contributed by atoms with van der Waals surface area (Å²) < 4.78 is 0. The second kappa shape index (κ2) is 4.81. The van der Waals surface area contributed by atoms with E-state index in [9.17, 15) is 29.7 Å². The van der Waals surface area contributed by atoms with Crippen LogP contribution in [0, 0.1) is 33.5 Å². The maximum absolute atomic E-state index is 13.1. The molecule has 0 aromatic heterocycles. The summed E-state index contributed by atoms with van der Waals surface area (Å²) in [5.74, 6) is -3.96. The molecule has 0 saturated heterocycles. The molecule has 0 atom stereocenters. The minimum Gasteiger partial charge on any atom is -0.292 e. The van der Waals surface area contributed by atoms with Crippen molar-refractivity contribution in [3.8, 4) is 12.1 Å².